The molecule has 1 unspecified atom stereocenters. The summed E-state index contributed by atoms with van der Waals surface area (Å²) in [6, 6.07) is 13.4. The van der Waals surface area contributed by atoms with Crippen molar-refractivity contribution in [1.29, 1.82) is 0 Å². The van der Waals surface area contributed by atoms with Crippen molar-refractivity contribution in [2.24, 2.45) is 0 Å². The van der Waals surface area contributed by atoms with Gasteiger partial charge in [-0.15, -0.1) is 18.3 Å². The normalized spacial score (nSPS) is 15.5. The van der Waals surface area contributed by atoms with Crippen molar-refractivity contribution >= 4 is 23.6 Å². The fourth-order valence-corrected chi connectivity index (χ4v) is 4.55. The first-order valence-corrected chi connectivity index (χ1v) is 13.6. The second-order valence-electron chi connectivity index (χ2n) is 11.3. The molecule has 0 fully saturated rings. The third-order valence-corrected chi connectivity index (χ3v) is 6.48. The van der Waals surface area contributed by atoms with Crippen molar-refractivity contribution < 1.29 is 42.1 Å². The molecule has 0 bridgehead atoms. The Morgan fingerprint density at radius 2 is 1.59 bits per heavy atom. The summed E-state index contributed by atoms with van der Waals surface area (Å²) in [5, 5.41) is 19.2. The van der Waals surface area contributed by atoms with Crippen molar-refractivity contribution in [3.63, 3.8) is 0 Å². The summed E-state index contributed by atoms with van der Waals surface area (Å²) in [5.74, 6) is -1.75. The SMILES string of the molecule is CC(C)c1ccc(C(=O)C2=C(OC(C)(C)C)C(=O)N(c3ccc(CNC(=O)O)nn3)C2c2ccc(OC(F)(F)F)cc2)cc1. The number of ether oxygens (including phenoxy) is 2. The maximum Gasteiger partial charge on any atom is 0.573 e. The van der Waals surface area contributed by atoms with Crippen LogP contribution in [-0.2, 0) is 16.1 Å². The average Bonchev–Trinajstić information content (AvgIpc) is 3.21. The van der Waals surface area contributed by atoms with Crippen LogP contribution in [-0.4, -0.2) is 45.1 Å². The van der Waals surface area contributed by atoms with Crippen molar-refractivity contribution in [3.05, 3.63) is 94.4 Å². The number of benzene rings is 2. The molecule has 0 aliphatic carbocycles. The zero-order chi connectivity index (χ0) is 32.4. The molecule has 2 aromatic carbocycles. The number of hydrogen-bond donors (Lipinski definition) is 2. The molecule has 1 aliphatic heterocycles. The Morgan fingerprint density at radius 3 is 2.09 bits per heavy atom. The lowest BCUT2D eigenvalue weighted by molar-refractivity contribution is -0.274. The van der Waals surface area contributed by atoms with Crippen molar-refractivity contribution in [3.8, 4) is 5.75 Å². The molecule has 0 radical (unpaired) electrons. The summed E-state index contributed by atoms with van der Waals surface area (Å²) < 4.78 is 48.7. The second kappa shape index (κ2) is 12.3. The minimum atomic E-state index is -4.92. The zero-order valence-electron chi connectivity index (χ0n) is 24.6. The van der Waals surface area contributed by atoms with Gasteiger partial charge in [0.2, 0.25) is 0 Å². The number of aromatic nitrogens is 2. The molecular weight excluding hydrogens is 581 g/mol. The van der Waals surface area contributed by atoms with Crippen molar-refractivity contribution in [2.45, 2.75) is 65.1 Å². The summed E-state index contributed by atoms with van der Waals surface area (Å²) in [6.45, 7) is 8.99. The second-order valence-corrected chi connectivity index (χ2v) is 11.3. The molecule has 2 amide bonds. The fourth-order valence-electron chi connectivity index (χ4n) is 4.55. The van der Waals surface area contributed by atoms with Gasteiger partial charge in [-0.2, -0.15) is 5.10 Å². The molecule has 2 N–H and O–H groups in total. The van der Waals surface area contributed by atoms with Gasteiger partial charge >= 0.3 is 12.5 Å². The number of alkyl halides is 3. The number of anilines is 1. The molecule has 0 saturated carbocycles. The number of carbonyl (C=O) groups excluding carboxylic acids is 2. The van der Waals surface area contributed by atoms with E-state index in [1.54, 1.807) is 32.9 Å². The first kappa shape index (κ1) is 32.0. The molecule has 3 aromatic rings. The molecular formula is C31H31F3N4O6. The molecule has 0 saturated heterocycles. The van der Waals surface area contributed by atoms with Crippen LogP contribution in [0.3, 0.4) is 0 Å². The van der Waals surface area contributed by atoms with E-state index in [9.17, 15) is 27.6 Å². The number of ketones is 1. The third-order valence-electron chi connectivity index (χ3n) is 6.48. The number of amides is 2. The molecule has 10 nitrogen and oxygen atoms in total. The summed E-state index contributed by atoms with van der Waals surface area (Å²) >= 11 is 0. The van der Waals surface area contributed by atoms with Crippen LogP contribution in [0.15, 0.2) is 72.0 Å². The first-order chi connectivity index (χ1) is 20.5. The zero-order valence-corrected chi connectivity index (χ0v) is 24.6. The van der Waals surface area contributed by atoms with Crippen LogP contribution in [0.5, 0.6) is 5.75 Å². The number of rotatable bonds is 9. The molecule has 44 heavy (non-hydrogen) atoms. The molecule has 2 heterocycles. The van der Waals surface area contributed by atoms with E-state index < -0.39 is 41.5 Å². The summed E-state index contributed by atoms with van der Waals surface area (Å²) in [6.07, 6.45) is -6.18. The van der Waals surface area contributed by atoms with Gasteiger partial charge in [0.15, 0.2) is 17.4 Å². The van der Waals surface area contributed by atoms with E-state index in [1.165, 1.54) is 29.2 Å². The van der Waals surface area contributed by atoms with E-state index in [0.717, 1.165) is 17.7 Å². The summed E-state index contributed by atoms with van der Waals surface area (Å²) in [7, 11) is 0. The van der Waals surface area contributed by atoms with E-state index >= 15 is 0 Å². The van der Waals surface area contributed by atoms with Crippen LogP contribution in [0, 0.1) is 0 Å². The van der Waals surface area contributed by atoms with E-state index in [2.05, 4.69) is 20.3 Å². The number of halogens is 3. The topological polar surface area (TPSA) is 131 Å². The lowest BCUT2D eigenvalue weighted by Crippen LogP contribution is -2.33. The number of hydrogen-bond acceptors (Lipinski definition) is 7. The predicted octanol–water partition coefficient (Wildman–Crippen LogP) is 6.31. The van der Waals surface area contributed by atoms with E-state index in [-0.39, 0.29) is 46.4 Å². The number of nitrogens with one attached hydrogen (secondary N) is 1. The molecule has 1 atom stereocenters. The van der Waals surface area contributed by atoms with Crippen molar-refractivity contribution in [2.75, 3.05) is 4.90 Å². The highest BCUT2D eigenvalue weighted by Crippen LogP contribution is 2.44. The molecule has 232 valence electrons. The van der Waals surface area contributed by atoms with E-state index in [1.807, 2.05) is 26.0 Å². The largest absolute Gasteiger partial charge is 0.573 e. The number of nitrogens with zero attached hydrogens (tertiary/aromatic N) is 3. The number of carboxylic acid groups (broad SMARTS) is 1. The van der Waals surface area contributed by atoms with Crippen LogP contribution in [0.2, 0.25) is 0 Å². The van der Waals surface area contributed by atoms with Crippen LogP contribution < -0.4 is 15.0 Å². The Bertz CT molecular complexity index is 1560. The Morgan fingerprint density at radius 1 is 0.955 bits per heavy atom. The Balaban J connectivity index is 1.87. The smallest absolute Gasteiger partial charge is 0.482 e. The molecule has 1 aliphatic rings. The predicted molar refractivity (Wildman–Crippen MR) is 153 cm³/mol. The van der Waals surface area contributed by atoms with Crippen LogP contribution in [0.1, 0.15) is 73.8 Å². The molecule has 1 aromatic heterocycles. The monoisotopic (exact) mass is 612 g/mol. The maximum absolute atomic E-state index is 14.2. The highest BCUT2D eigenvalue weighted by Gasteiger charge is 2.47. The van der Waals surface area contributed by atoms with Gasteiger partial charge in [-0.3, -0.25) is 14.5 Å². The van der Waals surface area contributed by atoms with Crippen LogP contribution >= 0.6 is 0 Å². The lowest BCUT2D eigenvalue weighted by Gasteiger charge is -2.26. The third kappa shape index (κ3) is 7.52. The summed E-state index contributed by atoms with van der Waals surface area (Å²) in [5.41, 5.74) is 0.855. The van der Waals surface area contributed by atoms with Gasteiger partial charge in [-0.05, 0) is 62.1 Å². The van der Waals surface area contributed by atoms with Gasteiger partial charge in [-0.1, -0.05) is 50.2 Å². The Labute approximate surface area is 251 Å². The van der Waals surface area contributed by atoms with Crippen LogP contribution in [0.25, 0.3) is 0 Å². The Kier molecular flexibility index (Phi) is 8.98. The lowest BCUT2D eigenvalue weighted by atomic mass is 9.91. The molecule has 4 rings (SSSR count). The minimum Gasteiger partial charge on any atom is -0.482 e. The minimum absolute atomic E-state index is 0.00246. The van der Waals surface area contributed by atoms with Gasteiger partial charge in [0.05, 0.1) is 23.9 Å². The van der Waals surface area contributed by atoms with Gasteiger partial charge in [-0.25, -0.2) is 4.79 Å². The highest BCUT2D eigenvalue weighted by atomic mass is 19.4. The fraction of sp³-hybridized carbons (Fsp3) is 0.323. The van der Waals surface area contributed by atoms with Crippen LogP contribution in [0.4, 0.5) is 23.8 Å². The van der Waals surface area contributed by atoms with Gasteiger partial charge in [0.25, 0.3) is 5.91 Å². The maximum atomic E-state index is 14.2. The Hall–Kier alpha value is -4.94. The van der Waals surface area contributed by atoms with E-state index in [0.29, 0.717) is 0 Å². The van der Waals surface area contributed by atoms with Crippen molar-refractivity contribution in [1.82, 2.24) is 15.5 Å². The molecule has 13 heteroatoms. The highest BCUT2D eigenvalue weighted by molar-refractivity contribution is 6.21. The standard InChI is InChI=1S/C31H31F3N4O6/c1-17(2)18-6-8-20(9-7-18)26(39)24-25(19-10-13-22(14-11-19)43-31(32,33)34)38(28(40)27(24)44-30(3,4)5)23-15-12-21(36-37-23)16-35-29(41)42/h6-15,17,25,35H,16H2,1-5H3,(H,41,42). The summed E-state index contributed by atoms with van der Waals surface area (Å²) in [4.78, 5) is 40.3. The van der Waals surface area contributed by atoms with Gasteiger partial charge in [0.1, 0.15) is 11.4 Å². The first-order valence-electron chi connectivity index (χ1n) is 13.6. The number of Topliss-reactive ketones (excluding diaryl/α,β-unsaturated/α-hetero) is 1. The number of carbonyl (C=O) groups is 3. The molecule has 0 spiro atoms. The van der Waals surface area contributed by atoms with E-state index in [4.69, 9.17) is 9.84 Å². The average molecular weight is 613 g/mol. The quantitative estimate of drug-likeness (QED) is 0.269. The van der Waals surface area contributed by atoms with Gasteiger partial charge < -0.3 is 19.9 Å². The van der Waals surface area contributed by atoms with Gasteiger partial charge in [0, 0.05) is 5.56 Å².